The molecule has 0 amide bonds. The fourth-order valence-electron chi connectivity index (χ4n) is 0.641. The second-order valence-electron chi connectivity index (χ2n) is 2.01. The molecule has 0 saturated heterocycles. The molecule has 0 atom stereocenters. The van der Waals surface area contributed by atoms with Crippen LogP contribution < -0.4 is 0 Å². The molecule has 0 fully saturated rings. The van der Waals surface area contributed by atoms with Crippen molar-refractivity contribution in [3.05, 3.63) is 27.8 Å². The van der Waals surface area contributed by atoms with E-state index in [1.165, 1.54) is 0 Å². The predicted octanol–water partition coefficient (Wildman–Crippen LogP) is 1.51. The van der Waals surface area contributed by atoms with Crippen molar-refractivity contribution in [3.63, 3.8) is 0 Å². The van der Waals surface area contributed by atoms with E-state index in [0.29, 0.717) is 0 Å². The normalized spacial score (nSPS) is 10.8. The number of aromatic nitrogens is 1. The molecular weight excluding hydrogens is 208 g/mol. The zero-order chi connectivity index (χ0) is 9.30. The first-order valence-corrected chi connectivity index (χ1v) is 3.65. The second kappa shape index (κ2) is 3.53. The summed E-state index contributed by atoms with van der Waals surface area (Å²) in [4.78, 5) is 3.33. The molecule has 1 aromatic rings. The van der Waals surface area contributed by atoms with E-state index < -0.39 is 17.3 Å². The van der Waals surface area contributed by atoms with E-state index in [0.717, 1.165) is 6.07 Å². The van der Waals surface area contributed by atoms with Crippen LogP contribution in [0.1, 0.15) is 11.9 Å². The van der Waals surface area contributed by atoms with Gasteiger partial charge in [0, 0.05) is 5.56 Å². The fourth-order valence-corrected chi connectivity index (χ4v) is 1.06. The second-order valence-corrected chi connectivity index (χ2v) is 2.73. The van der Waals surface area contributed by atoms with E-state index in [9.17, 15) is 4.39 Å². The van der Waals surface area contributed by atoms with Crippen LogP contribution in [0.2, 0.25) is 10.3 Å². The maximum absolute atomic E-state index is 12.6. The Morgan fingerprint density at radius 1 is 1.33 bits per heavy atom. The molecule has 12 heavy (non-hydrogen) atoms. The number of aliphatic hydroxyl groups is 2. The van der Waals surface area contributed by atoms with Gasteiger partial charge in [-0.15, -0.1) is 0 Å². The van der Waals surface area contributed by atoms with E-state index >= 15 is 0 Å². The standard InChI is InChI=1S/C6H4Cl2FNO2/c7-4-2(6(11)12)1-3(9)5(8)10-4/h1,6,11-12H. The van der Waals surface area contributed by atoms with Crippen LogP contribution in [0.3, 0.4) is 0 Å². The monoisotopic (exact) mass is 211 g/mol. The van der Waals surface area contributed by atoms with Gasteiger partial charge in [0.2, 0.25) is 0 Å². The molecular formula is C6H4Cl2FNO2. The largest absolute Gasteiger partial charge is 0.364 e. The van der Waals surface area contributed by atoms with Crippen LogP contribution in [0.25, 0.3) is 0 Å². The summed E-state index contributed by atoms with van der Waals surface area (Å²) in [5.74, 6) is -0.843. The van der Waals surface area contributed by atoms with E-state index in [1.807, 2.05) is 0 Å². The van der Waals surface area contributed by atoms with Gasteiger partial charge in [-0.25, -0.2) is 9.37 Å². The third kappa shape index (κ3) is 1.84. The van der Waals surface area contributed by atoms with Crippen molar-refractivity contribution in [2.24, 2.45) is 0 Å². The van der Waals surface area contributed by atoms with Gasteiger partial charge in [-0.05, 0) is 6.07 Å². The summed E-state index contributed by atoms with van der Waals surface area (Å²) in [6, 6.07) is 0.822. The van der Waals surface area contributed by atoms with Gasteiger partial charge in [-0.1, -0.05) is 23.2 Å². The van der Waals surface area contributed by atoms with Crippen LogP contribution in [0.5, 0.6) is 0 Å². The first-order valence-electron chi connectivity index (χ1n) is 2.90. The maximum Gasteiger partial charge on any atom is 0.181 e. The van der Waals surface area contributed by atoms with Crippen LogP contribution in [-0.4, -0.2) is 15.2 Å². The number of rotatable bonds is 1. The Bertz CT molecular complexity index is 306. The minimum atomic E-state index is -1.85. The van der Waals surface area contributed by atoms with Crippen molar-refractivity contribution in [1.29, 1.82) is 0 Å². The molecule has 2 N–H and O–H groups in total. The SMILES string of the molecule is OC(O)c1cc(F)c(Cl)nc1Cl. The summed E-state index contributed by atoms with van der Waals surface area (Å²) in [5.41, 5.74) is -0.210. The average Bonchev–Trinajstić information content (AvgIpc) is 1.96. The van der Waals surface area contributed by atoms with Gasteiger partial charge in [-0.3, -0.25) is 0 Å². The quantitative estimate of drug-likeness (QED) is 0.547. The third-order valence-electron chi connectivity index (χ3n) is 1.19. The zero-order valence-corrected chi connectivity index (χ0v) is 7.14. The number of aliphatic hydroxyl groups excluding tert-OH is 1. The Kier molecular flexibility index (Phi) is 2.85. The lowest BCUT2D eigenvalue weighted by Gasteiger charge is -2.05. The van der Waals surface area contributed by atoms with Gasteiger partial charge in [0.25, 0.3) is 0 Å². The summed E-state index contributed by atoms with van der Waals surface area (Å²) in [6.45, 7) is 0. The molecule has 6 heteroatoms. The minimum Gasteiger partial charge on any atom is -0.364 e. The van der Waals surface area contributed by atoms with E-state index in [4.69, 9.17) is 33.4 Å². The molecule has 1 aromatic heterocycles. The maximum atomic E-state index is 12.6. The molecule has 0 saturated carbocycles. The number of nitrogens with zero attached hydrogens (tertiary/aromatic N) is 1. The Labute approximate surface area is 77.4 Å². The van der Waals surface area contributed by atoms with Crippen molar-refractivity contribution < 1.29 is 14.6 Å². The van der Waals surface area contributed by atoms with Gasteiger partial charge < -0.3 is 10.2 Å². The Morgan fingerprint density at radius 2 is 1.92 bits per heavy atom. The first-order chi connectivity index (χ1) is 5.52. The molecule has 3 nitrogen and oxygen atoms in total. The third-order valence-corrected chi connectivity index (χ3v) is 1.76. The highest BCUT2D eigenvalue weighted by molar-refractivity contribution is 6.32. The lowest BCUT2D eigenvalue weighted by molar-refractivity contribution is -0.0428. The number of halogens is 3. The number of pyridine rings is 1. The van der Waals surface area contributed by atoms with Crippen LogP contribution in [0.4, 0.5) is 4.39 Å². The highest BCUT2D eigenvalue weighted by Gasteiger charge is 2.13. The molecule has 66 valence electrons. The molecule has 0 spiro atoms. The molecule has 0 aliphatic rings. The minimum absolute atomic E-state index is 0.210. The average molecular weight is 212 g/mol. The number of hydrogen-bond acceptors (Lipinski definition) is 3. The zero-order valence-electron chi connectivity index (χ0n) is 5.63. The molecule has 1 rings (SSSR count). The number of hydrogen-bond donors (Lipinski definition) is 2. The van der Waals surface area contributed by atoms with Crippen molar-refractivity contribution >= 4 is 23.2 Å². The van der Waals surface area contributed by atoms with Gasteiger partial charge >= 0.3 is 0 Å². The summed E-state index contributed by atoms with van der Waals surface area (Å²) in [5, 5.41) is 16.7. The Balaban J connectivity index is 3.23. The Hall–Kier alpha value is -0.420. The molecule has 0 radical (unpaired) electrons. The van der Waals surface area contributed by atoms with E-state index in [2.05, 4.69) is 4.98 Å². The fraction of sp³-hybridized carbons (Fsp3) is 0.167. The molecule has 0 aliphatic heterocycles. The van der Waals surface area contributed by atoms with Gasteiger partial charge in [0.15, 0.2) is 17.3 Å². The smallest absolute Gasteiger partial charge is 0.181 e. The van der Waals surface area contributed by atoms with Crippen LogP contribution in [-0.2, 0) is 0 Å². The highest BCUT2D eigenvalue weighted by Crippen LogP contribution is 2.23. The van der Waals surface area contributed by atoms with Crippen LogP contribution >= 0.6 is 23.2 Å². The molecule has 1 heterocycles. The summed E-state index contributed by atoms with van der Waals surface area (Å²) < 4.78 is 12.6. The first kappa shape index (κ1) is 9.67. The summed E-state index contributed by atoms with van der Waals surface area (Å²) in [7, 11) is 0. The van der Waals surface area contributed by atoms with Crippen molar-refractivity contribution in [2.45, 2.75) is 6.29 Å². The van der Waals surface area contributed by atoms with E-state index in [1.54, 1.807) is 0 Å². The van der Waals surface area contributed by atoms with Crippen molar-refractivity contribution in [2.75, 3.05) is 0 Å². The van der Waals surface area contributed by atoms with E-state index in [-0.39, 0.29) is 10.7 Å². The van der Waals surface area contributed by atoms with Gasteiger partial charge in [0.1, 0.15) is 5.15 Å². The highest BCUT2D eigenvalue weighted by atomic mass is 35.5. The van der Waals surface area contributed by atoms with Gasteiger partial charge in [-0.2, -0.15) is 0 Å². The molecule has 0 aromatic carbocycles. The van der Waals surface area contributed by atoms with Crippen LogP contribution in [0.15, 0.2) is 6.07 Å². The lowest BCUT2D eigenvalue weighted by atomic mass is 10.3. The molecule has 0 bridgehead atoms. The Morgan fingerprint density at radius 3 is 2.42 bits per heavy atom. The lowest BCUT2D eigenvalue weighted by Crippen LogP contribution is -1.99. The van der Waals surface area contributed by atoms with Crippen molar-refractivity contribution in [1.82, 2.24) is 4.98 Å². The summed E-state index contributed by atoms with van der Waals surface area (Å²) in [6.07, 6.45) is -1.85. The molecule has 0 aliphatic carbocycles. The van der Waals surface area contributed by atoms with Gasteiger partial charge in [0.05, 0.1) is 0 Å². The van der Waals surface area contributed by atoms with Crippen LogP contribution in [0, 0.1) is 5.82 Å². The van der Waals surface area contributed by atoms with Crippen molar-refractivity contribution in [3.8, 4) is 0 Å². The molecule has 0 unspecified atom stereocenters. The topological polar surface area (TPSA) is 53.4 Å². The summed E-state index contributed by atoms with van der Waals surface area (Å²) >= 11 is 10.7. The predicted molar refractivity (Wildman–Crippen MR) is 41.4 cm³/mol.